The topological polar surface area (TPSA) is 93.4 Å². The van der Waals surface area contributed by atoms with Crippen molar-refractivity contribution < 1.29 is 9.90 Å². The summed E-state index contributed by atoms with van der Waals surface area (Å²) in [5, 5.41) is 21.3. The minimum absolute atomic E-state index is 0.0282. The second-order valence-electron chi connectivity index (χ2n) is 5.91. The molecule has 0 bridgehead atoms. The first-order valence-electron chi connectivity index (χ1n) is 7.36. The van der Waals surface area contributed by atoms with Gasteiger partial charge in [0.05, 0.1) is 0 Å². The summed E-state index contributed by atoms with van der Waals surface area (Å²) in [6.45, 7) is 8.97. The molecule has 0 atom stereocenters. The van der Waals surface area contributed by atoms with Gasteiger partial charge in [-0.2, -0.15) is 10.2 Å². The molecule has 1 heterocycles. The minimum atomic E-state index is -1.03. The summed E-state index contributed by atoms with van der Waals surface area (Å²) in [5.41, 5.74) is 0. The lowest BCUT2D eigenvalue weighted by Crippen LogP contribution is -2.49. The molecule has 0 aliphatic heterocycles. The van der Waals surface area contributed by atoms with Crippen LogP contribution in [0.15, 0.2) is 12.3 Å². The maximum Gasteiger partial charge on any atom is 0.426 e. The van der Waals surface area contributed by atoms with Crippen LogP contribution in [0.25, 0.3) is 0 Å². The highest BCUT2D eigenvalue weighted by molar-refractivity contribution is 5.67. The molecular weight excluding hydrogens is 282 g/mol. The van der Waals surface area contributed by atoms with Crippen LogP contribution in [-0.4, -0.2) is 39.3 Å². The van der Waals surface area contributed by atoms with Gasteiger partial charge in [-0.15, -0.1) is 0 Å². The van der Waals surface area contributed by atoms with E-state index >= 15 is 0 Å². The Labute approximate surface area is 131 Å². The maximum atomic E-state index is 11.6. The van der Waals surface area contributed by atoms with Crippen LogP contribution in [0.3, 0.4) is 0 Å². The molecule has 7 nitrogen and oxygen atoms in total. The zero-order valence-electron chi connectivity index (χ0n) is 13.5. The van der Waals surface area contributed by atoms with Gasteiger partial charge in [-0.25, -0.2) is 14.8 Å². The highest BCUT2D eigenvalue weighted by atomic mass is 16.4. The van der Waals surface area contributed by atoms with Gasteiger partial charge in [-0.1, -0.05) is 27.7 Å². The third-order valence-corrected chi connectivity index (χ3v) is 2.97. The second-order valence-corrected chi connectivity index (χ2v) is 5.91. The Kier molecular flexibility index (Phi) is 6.57. The fourth-order valence-corrected chi connectivity index (χ4v) is 1.91. The zero-order valence-corrected chi connectivity index (χ0v) is 13.5. The van der Waals surface area contributed by atoms with Crippen LogP contribution >= 0.6 is 0 Å². The smallest absolute Gasteiger partial charge is 0.426 e. The summed E-state index contributed by atoms with van der Waals surface area (Å²) >= 11 is 0. The molecule has 1 aromatic rings. The van der Waals surface area contributed by atoms with Crippen molar-refractivity contribution in [1.82, 2.24) is 15.0 Å². The van der Waals surface area contributed by atoms with E-state index in [9.17, 15) is 9.90 Å². The first-order chi connectivity index (χ1) is 10.3. The van der Waals surface area contributed by atoms with Crippen LogP contribution in [0.5, 0.6) is 0 Å². The van der Waals surface area contributed by atoms with E-state index < -0.39 is 6.09 Å². The number of hydrogen-bond donors (Lipinski definition) is 1. The van der Waals surface area contributed by atoms with E-state index in [0.717, 1.165) is 6.42 Å². The van der Waals surface area contributed by atoms with Gasteiger partial charge in [-0.3, -0.25) is 5.01 Å². The molecule has 1 rings (SSSR count). The molecule has 1 aromatic heterocycles. The SMILES string of the molecule is CC(C)CCN(C(=O)O)N(CC(C)C)c1ccnc(C#N)n1. The molecule has 0 unspecified atom stereocenters. The molecule has 0 radical (unpaired) electrons. The second kappa shape index (κ2) is 8.17. The van der Waals surface area contributed by atoms with Gasteiger partial charge in [-0.05, 0) is 18.3 Å². The van der Waals surface area contributed by atoms with Crippen LogP contribution in [0.1, 0.15) is 39.9 Å². The average Bonchev–Trinajstić information content (AvgIpc) is 2.45. The summed E-state index contributed by atoms with van der Waals surface area (Å²) < 4.78 is 0. The summed E-state index contributed by atoms with van der Waals surface area (Å²) in [4.78, 5) is 19.6. The molecule has 0 saturated heterocycles. The fraction of sp³-hybridized carbons (Fsp3) is 0.600. The Morgan fingerprint density at radius 2 is 2.05 bits per heavy atom. The molecule has 1 N–H and O–H groups in total. The van der Waals surface area contributed by atoms with Gasteiger partial charge in [0.1, 0.15) is 6.07 Å². The molecule has 120 valence electrons. The van der Waals surface area contributed by atoms with Crippen LogP contribution in [0.4, 0.5) is 10.6 Å². The summed E-state index contributed by atoms with van der Waals surface area (Å²) in [7, 11) is 0. The summed E-state index contributed by atoms with van der Waals surface area (Å²) in [6.07, 6.45) is 1.19. The summed E-state index contributed by atoms with van der Waals surface area (Å²) in [6, 6.07) is 3.50. The molecule has 0 aliphatic carbocycles. The number of nitriles is 1. The average molecular weight is 305 g/mol. The number of rotatable bonds is 7. The standard InChI is InChI=1S/C15H23N5O2/c1-11(2)6-8-19(15(21)22)20(10-12(3)4)14-5-7-17-13(9-16)18-14/h5,7,11-12H,6,8,10H2,1-4H3,(H,21,22). The number of aromatic nitrogens is 2. The van der Waals surface area contributed by atoms with Crippen molar-refractivity contribution in [1.29, 1.82) is 5.26 Å². The van der Waals surface area contributed by atoms with Crippen LogP contribution in [-0.2, 0) is 0 Å². The number of hydrazine groups is 1. The molecule has 0 saturated carbocycles. The molecular formula is C15H23N5O2. The Morgan fingerprint density at radius 1 is 1.36 bits per heavy atom. The van der Waals surface area contributed by atoms with Gasteiger partial charge in [0, 0.05) is 25.4 Å². The monoisotopic (exact) mass is 305 g/mol. The molecule has 0 aromatic carbocycles. The molecule has 22 heavy (non-hydrogen) atoms. The third-order valence-electron chi connectivity index (χ3n) is 2.97. The van der Waals surface area contributed by atoms with Gasteiger partial charge >= 0.3 is 6.09 Å². The van der Waals surface area contributed by atoms with Gasteiger partial charge in [0.15, 0.2) is 5.82 Å². The normalized spacial score (nSPS) is 10.6. The van der Waals surface area contributed by atoms with E-state index in [1.807, 2.05) is 33.8 Å². The Bertz CT molecular complexity index is 539. The summed E-state index contributed by atoms with van der Waals surface area (Å²) in [5.74, 6) is 1.08. The lowest BCUT2D eigenvalue weighted by Gasteiger charge is -2.35. The maximum absolute atomic E-state index is 11.6. The van der Waals surface area contributed by atoms with Gasteiger partial charge in [0.25, 0.3) is 0 Å². The van der Waals surface area contributed by atoms with E-state index in [2.05, 4.69) is 9.97 Å². The Morgan fingerprint density at radius 3 is 2.55 bits per heavy atom. The minimum Gasteiger partial charge on any atom is -0.464 e. The van der Waals surface area contributed by atoms with Gasteiger partial charge < -0.3 is 5.11 Å². The largest absolute Gasteiger partial charge is 0.464 e. The number of hydrogen-bond acceptors (Lipinski definition) is 5. The van der Waals surface area contributed by atoms with Crippen molar-refractivity contribution in [3.63, 3.8) is 0 Å². The number of carboxylic acid groups (broad SMARTS) is 1. The van der Waals surface area contributed by atoms with E-state index in [4.69, 9.17) is 5.26 Å². The molecule has 1 amide bonds. The highest BCUT2D eigenvalue weighted by Crippen LogP contribution is 2.17. The van der Waals surface area contributed by atoms with E-state index in [0.29, 0.717) is 24.8 Å². The van der Waals surface area contributed by atoms with E-state index in [1.54, 1.807) is 11.1 Å². The predicted octanol–water partition coefficient (Wildman–Crippen LogP) is 2.75. The van der Waals surface area contributed by atoms with Crippen LogP contribution < -0.4 is 5.01 Å². The Balaban J connectivity index is 3.12. The van der Waals surface area contributed by atoms with Crippen molar-refractivity contribution in [2.24, 2.45) is 11.8 Å². The van der Waals surface area contributed by atoms with Gasteiger partial charge in [0.2, 0.25) is 5.82 Å². The number of amides is 1. The van der Waals surface area contributed by atoms with Crippen molar-refractivity contribution >= 4 is 11.9 Å². The third kappa shape index (κ3) is 5.20. The quantitative estimate of drug-likeness (QED) is 0.778. The van der Waals surface area contributed by atoms with Crippen molar-refractivity contribution in [3.05, 3.63) is 18.1 Å². The molecule has 0 spiro atoms. The van der Waals surface area contributed by atoms with Crippen LogP contribution in [0, 0.1) is 23.2 Å². The van der Waals surface area contributed by atoms with E-state index in [1.165, 1.54) is 11.2 Å². The van der Waals surface area contributed by atoms with Crippen molar-refractivity contribution in [3.8, 4) is 6.07 Å². The predicted molar refractivity (Wildman–Crippen MR) is 83.1 cm³/mol. The lowest BCUT2D eigenvalue weighted by atomic mass is 10.1. The highest BCUT2D eigenvalue weighted by Gasteiger charge is 2.23. The molecule has 0 aliphatic rings. The molecule has 0 fully saturated rings. The fourth-order valence-electron chi connectivity index (χ4n) is 1.91. The van der Waals surface area contributed by atoms with Crippen molar-refractivity contribution in [2.75, 3.05) is 18.1 Å². The number of carbonyl (C=O) groups is 1. The zero-order chi connectivity index (χ0) is 16.7. The number of nitrogens with zero attached hydrogens (tertiary/aromatic N) is 5. The lowest BCUT2D eigenvalue weighted by molar-refractivity contribution is 0.134. The first kappa shape index (κ1) is 17.7. The molecule has 7 heteroatoms. The van der Waals surface area contributed by atoms with Crippen LogP contribution in [0.2, 0.25) is 0 Å². The van der Waals surface area contributed by atoms with Crippen molar-refractivity contribution in [2.45, 2.75) is 34.1 Å². The Hall–Kier alpha value is -2.36. The first-order valence-corrected chi connectivity index (χ1v) is 7.36. The van der Waals surface area contributed by atoms with E-state index in [-0.39, 0.29) is 11.7 Å². The number of anilines is 1.